The Bertz CT molecular complexity index is 1240. The summed E-state index contributed by atoms with van der Waals surface area (Å²) < 4.78 is 12.1. The van der Waals surface area contributed by atoms with Crippen LogP contribution in [0.15, 0.2) is 78.9 Å². The van der Waals surface area contributed by atoms with Crippen molar-refractivity contribution in [1.29, 1.82) is 0 Å². The molecule has 6 heteroatoms. The molecule has 0 saturated heterocycles. The quantitative estimate of drug-likeness (QED) is 0.310. The molecule has 0 fully saturated rings. The maximum absolute atomic E-state index is 13.1. The molecule has 0 atom stereocenters. The van der Waals surface area contributed by atoms with Gasteiger partial charge in [0.1, 0.15) is 11.3 Å². The zero-order valence-corrected chi connectivity index (χ0v) is 19.9. The molecule has 0 aliphatic carbocycles. The van der Waals surface area contributed by atoms with Crippen molar-refractivity contribution in [3.05, 3.63) is 112 Å². The maximum atomic E-state index is 13.1. The normalized spacial score (nSPS) is 10.7. The number of benzene rings is 3. The van der Waals surface area contributed by atoms with Crippen LogP contribution in [0.5, 0.6) is 0 Å². The highest BCUT2D eigenvalue weighted by Crippen LogP contribution is 2.38. The van der Waals surface area contributed by atoms with E-state index in [1.165, 1.54) is 14.2 Å². The number of methoxy groups -OCH3 is 2. The molecule has 3 aromatic carbocycles. The van der Waals surface area contributed by atoms with E-state index in [0.29, 0.717) is 17.0 Å². The molecule has 0 amide bonds. The molecule has 0 unspecified atom stereocenters. The summed E-state index contributed by atoms with van der Waals surface area (Å²) in [6.45, 7) is 1.99. The van der Waals surface area contributed by atoms with E-state index in [0.717, 1.165) is 28.1 Å². The predicted octanol–water partition coefficient (Wildman–Crippen LogP) is 6.27. The van der Waals surface area contributed by atoms with Crippen molar-refractivity contribution in [2.45, 2.75) is 13.3 Å². The summed E-state index contributed by atoms with van der Waals surface area (Å²) in [4.78, 5) is 26.3. The van der Waals surface area contributed by atoms with Crippen molar-refractivity contribution in [2.75, 3.05) is 14.2 Å². The number of esters is 2. The third-order valence-electron chi connectivity index (χ3n) is 5.68. The fourth-order valence-electron chi connectivity index (χ4n) is 4.08. The first-order chi connectivity index (χ1) is 16.4. The van der Waals surface area contributed by atoms with Crippen LogP contribution < -0.4 is 0 Å². The average molecular weight is 474 g/mol. The standard InChI is InChI=1S/C28H24ClNO4/c1-18-9-15-22(16-10-18)30-23(17-19-7-5-4-6-8-19)24(20-11-13-21(29)14-12-20)25(27(31)33-2)26(30)28(32)34-3/h4-16H,17H2,1-3H3. The van der Waals surface area contributed by atoms with Crippen LogP contribution in [0.1, 0.15) is 37.7 Å². The van der Waals surface area contributed by atoms with Crippen molar-refractivity contribution >= 4 is 23.5 Å². The number of aryl methyl sites for hydroxylation is 1. The second-order valence-corrected chi connectivity index (χ2v) is 8.31. The number of nitrogens with zero attached hydrogens (tertiary/aromatic N) is 1. The van der Waals surface area contributed by atoms with Crippen LogP contribution in [0.4, 0.5) is 0 Å². The molecule has 0 saturated carbocycles. The Hall–Kier alpha value is -3.83. The van der Waals surface area contributed by atoms with Crippen LogP contribution in [-0.2, 0) is 15.9 Å². The second kappa shape index (κ2) is 9.98. The van der Waals surface area contributed by atoms with Crippen molar-refractivity contribution in [3.8, 4) is 16.8 Å². The van der Waals surface area contributed by atoms with Crippen LogP contribution in [0.2, 0.25) is 5.02 Å². The highest BCUT2D eigenvalue weighted by Gasteiger charge is 2.33. The highest BCUT2D eigenvalue weighted by molar-refractivity contribution is 6.30. The first-order valence-corrected chi connectivity index (χ1v) is 11.1. The Kier molecular flexibility index (Phi) is 6.85. The number of carbonyl (C=O) groups excluding carboxylic acids is 2. The van der Waals surface area contributed by atoms with E-state index in [1.807, 2.05) is 73.7 Å². The van der Waals surface area contributed by atoms with E-state index in [4.69, 9.17) is 21.1 Å². The predicted molar refractivity (Wildman–Crippen MR) is 133 cm³/mol. The number of ether oxygens (including phenoxy) is 2. The van der Waals surface area contributed by atoms with Gasteiger partial charge < -0.3 is 14.0 Å². The highest BCUT2D eigenvalue weighted by atomic mass is 35.5. The molecule has 4 rings (SSSR count). The first-order valence-electron chi connectivity index (χ1n) is 10.8. The minimum Gasteiger partial charge on any atom is -0.465 e. The van der Waals surface area contributed by atoms with Crippen molar-refractivity contribution < 1.29 is 19.1 Å². The lowest BCUT2D eigenvalue weighted by atomic mass is 9.97. The van der Waals surface area contributed by atoms with Gasteiger partial charge in [-0.25, -0.2) is 9.59 Å². The molecule has 4 aromatic rings. The van der Waals surface area contributed by atoms with Gasteiger partial charge in [-0.05, 0) is 42.3 Å². The molecule has 0 radical (unpaired) electrons. The average Bonchev–Trinajstić information content (AvgIpc) is 3.19. The Morgan fingerprint density at radius 1 is 0.824 bits per heavy atom. The van der Waals surface area contributed by atoms with Gasteiger partial charge in [0.2, 0.25) is 0 Å². The van der Waals surface area contributed by atoms with E-state index >= 15 is 0 Å². The van der Waals surface area contributed by atoms with Gasteiger partial charge in [0, 0.05) is 28.4 Å². The fourth-order valence-corrected chi connectivity index (χ4v) is 4.20. The van der Waals surface area contributed by atoms with Gasteiger partial charge in [0.15, 0.2) is 0 Å². The number of halogens is 1. The molecule has 34 heavy (non-hydrogen) atoms. The number of hydrogen-bond donors (Lipinski definition) is 0. The molecule has 0 aliphatic heterocycles. The third kappa shape index (κ3) is 4.47. The maximum Gasteiger partial charge on any atom is 0.355 e. The van der Waals surface area contributed by atoms with Crippen LogP contribution in [0.25, 0.3) is 16.8 Å². The minimum atomic E-state index is -0.629. The number of carbonyl (C=O) groups is 2. The van der Waals surface area contributed by atoms with Crippen LogP contribution >= 0.6 is 11.6 Å². The summed E-state index contributed by atoms with van der Waals surface area (Å²) in [6.07, 6.45) is 0.466. The molecule has 1 heterocycles. The SMILES string of the molecule is COC(=O)c1c(-c2ccc(Cl)cc2)c(Cc2ccccc2)n(-c2ccc(C)cc2)c1C(=O)OC. The van der Waals surface area contributed by atoms with E-state index in [1.54, 1.807) is 16.7 Å². The summed E-state index contributed by atoms with van der Waals surface area (Å²) in [5.74, 6) is -1.25. The van der Waals surface area contributed by atoms with Gasteiger partial charge in [-0.3, -0.25) is 0 Å². The summed E-state index contributed by atoms with van der Waals surface area (Å²) in [5, 5.41) is 0.569. The van der Waals surface area contributed by atoms with E-state index in [-0.39, 0.29) is 11.3 Å². The Balaban J connectivity index is 2.14. The lowest BCUT2D eigenvalue weighted by Crippen LogP contribution is -2.16. The van der Waals surface area contributed by atoms with Gasteiger partial charge >= 0.3 is 11.9 Å². The molecule has 5 nitrogen and oxygen atoms in total. The van der Waals surface area contributed by atoms with Gasteiger partial charge in [-0.1, -0.05) is 71.8 Å². The van der Waals surface area contributed by atoms with Crippen LogP contribution in [0.3, 0.4) is 0 Å². The lowest BCUT2D eigenvalue weighted by Gasteiger charge is -2.15. The van der Waals surface area contributed by atoms with Gasteiger partial charge in [0.25, 0.3) is 0 Å². The molecule has 1 aromatic heterocycles. The van der Waals surface area contributed by atoms with Crippen molar-refractivity contribution in [1.82, 2.24) is 4.57 Å². The fraction of sp³-hybridized carbons (Fsp3) is 0.143. The van der Waals surface area contributed by atoms with Crippen molar-refractivity contribution in [3.63, 3.8) is 0 Å². The van der Waals surface area contributed by atoms with Gasteiger partial charge in [-0.2, -0.15) is 0 Å². The zero-order chi connectivity index (χ0) is 24.2. The van der Waals surface area contributed by atoms with Gasteiger partial charge in [0.05, 0.1) is 14.2 Å². The number of aromatic nitrogens is 1. The Morgan fingerprint density at radius 3 is 2.03 bits per heavy atom. The molecule has 0 aliphatic rings. The van der Waals surface area contributed by atoms with E-state index < -0.39 is 11.9 Å². The van der Waals surface area contributed by atoms with E-state index in [2.05, 4.69) is 0 Å². The molecule has 172 valence electrons. The third-order valence-corrected chi connectivity index (χ3v) is 5.93. The summed E-state index contributed by atoms with van der Waals surface area (Å²) in [6, 6.07) is 24.8. The monoisotopic (exact) mass is 473 g/mol. The zero-order valence-electron chi connectivity index (χ0n) is 19.2. The number of rotatable bonds is 6. The number of hydrogen-bond acceptors (Lipinski definition) is 4. The smallest absolute Gasteiger partial charge is 0.355 e. The summed E-state index contributed by atoms with van der Waals surface area (Å²) >= 11 is 6.15. The largest absolute Gasteiger partial charge is 0.465 e. The molecule has 0 spiro atoms. The molecule has 0 N–H and O–H groups in total. The van der Waals surface area contributed by atoms with Crippen LogP contribution in [0, 0.1) is 6.92 Å². The van der Waals surface area contributed by atoms with E-state index in [9.17, 15) is 9.59 Å². The Labute approximate surface area is 203 Å². The molecular formula is C28H24ClNO4. The topological polar surface area (TPSA) is 57.5 Å². The Morgan fingerprint density at radius 2 is 1.44 bits per heavy atom. The molecular weight excluding hydrogens is 450 g/mol. The van der Waals surface area contributed by atoms with Crippen LogP contribution in [-0.4, -0.2) is 30.7 Å². The van der Waals surface area contributed by atoms with Gasteiger partial charge in [-0.15, -0.1) is 0 Å². The summed E-state index contributed by atoms with van der Waals surface area (Å²) in [7, 11) is 2.60. The van der Waals surface area contributed by atoms with Crippen molar-refractivity contribution in [2.24, 2.45) is 0 Å². The second-order valence-electron chi connectivity index (χ2n) is 7.87. The molecule has 0 bridgehead atoms. The lowest BCUT2D eigenvalue weighted by molar-refractivity contribution is 0.0550. The first kappa shape index (κ1) is 23.3. The minimum absolute atomic E-state index is 0.120. The summed E-state index contributed by atoms with van der Waals surface area (Å²) in [5.41, 5.74) is 5.22.